The SMILES string of the molecule is Cc1ccc2nc(-c3ccccc3)c(CCCCC(=O)OC(C)(C)C)nc2c1. The average molecular weight is 377 g/mol. The first-order valence-corrected chi connectivity index (χ1v) is 9.86. The molecule has 4 nitrogen and oxygen atoms in total. The molecule has 0 amide bonds. The van der Waals surface area contributed by atoms with Crippen LogP contribution in [0.25, 0.3) is 22.3 Å². The molecular weight excluding hydrogens is 348 g/mol. The number of fused-ring (bicyclic) bond motifs is 1. The molecule has 2 aromatic carbocycles. The molecule has 0 atom stereocenters. The van der Waals surface area contributed by atoms with Gasteiger partial charge >= 0.3 is 5.97 Å². The van der Waals surface area contributed by atoms with Gasteiger partial charge in [-0.1, -0.05) is 36.4 Å². The minimum atomic E-state index is -0.431. The summed E-state index contributed by atoms with van der Waals surface area (Å²) in [5, 5.41) is 0. The second kappa shape index (κ2) is 8.51. The molecule has 0 saturated carbocycles. The molecule has 0 radical (unpaired) electrons. The van der Waals surface area contributed by atoms with Gasteiger partial charge < -0.3 is 4.74 Å². The van der Waals surface area contributed by atoms with Crippen LogP contribution in [0.15, 0.2) is 48.5 Å². The Morgan fingerprint density at radius 2 is 1.71 bits per heavy atom. The van der Waals surface area contributed by atoms with Gasteiger partial charge in [0.25, 0.3) is 0 Å². The van der Waals surface area contributed by atoms with Crippen molar-refractivity contribution in [2.75, 3.05) is 0 Å². The Hall–Kier alpha value is -2.75. The highest BCUT2D eigenvalue weighted by atomic mass is 16.6. The fourth-order valence-corrected chi connectivity index (χ4v) is 3.16. The van der Waals surface area contributed by atoms with Crippen LogP contribution in [0.4, 0.5) is 0 Å². The van der Waals surface area contributed by atoms with Gasteiger partial charge in [-0.2, -0.15) is 0 Å². The second-order valence-corrected chi connectivity index (χ2v) is 8.17. The van der Waals surface area contributed by atoms with E-state index in [9.17, 15) is 4.79 Å². The minimum Gasteiger partial charge on any atom is -0.460 e. The maximum atomic E-state index is 11.9. The predicted molar refractivity (Wildman–Crippen MR) is 113 cm³/mol. The number of hydrogen-bond donors (Lipinski definition) is 0. The third kappa shape index (κ3) is 5.38. The lowest BCUT2D eigenvalue weighted by atomic mass is 10.0. The molecule has 0 aliphatic carbocycles. The van der Waals surface area contributed by atoms with E-state index in [1.54, 1.807) is 0 Å². The van der Waals surface area contributed by atoms with Gasteiger partial charge in [-0.25, -0.2) is 9.97 Å². The highest BCUT2D eigenvalue weighted by Crippen LogP contribution is 2.25. The molecular formula is C24H28N2O2. The van der Waals surface area contributed by atoms with E-state index in [2.05, 4.69) is 31.2 Å². The molecule has 4 heteroatoms. The summed E-state index contributed by atoms with van der Waals surface area (Å²) in [6.45, 7) is 7.74. The Morgan fingerprint density at radius 3 is 2.43 bits per heavy atom. The van der Waals surface area contributed by atoms with Crippen molar-refractivity contribution in [3.63, 3.8) is 0 Å². The number of hydrogen-bond acceptors (Lipinski definition) is 4. The lowest BCUT2D eigenvalue weighted by Crippen LogP contribution is -2.23. The van der Waals surface area contributed by atoms with E-state index >= 15 is 0 Å². The molecule has 3 aromatic rings. The molecule has 0 aliphatic heterocycles. The van der Waals surface area contributed by atoms with Crippen molar-refractivity contribution in [1.29, 1.82) is 0 Å². The van der Waals surface area contributed by atoms with Crippen LogP contribution in [0.1, 0.15) is 51.3 Å². The van der Waals surface area contributed by atoms with Crippen LogP contribution in [0.3, 0.4) is 0 Å². The lowest BCUT2D eigenvalue weighted by Gasteiger charge is -2.19. The quantitative estimate of drug-likeness (QED) is 0.411. The highest BCUT2D eigenvalue weighted by molar-refractivity contribution is 5.79. The zero-order valence-corrected chi connectivity index (χ0v) is 17.2. The molecule has 1 heterocycles. The van der Waals surface area contributed by atoms with Crippen molar-refractivity contribution < 1.29 is 9.53 Å². The van der Waals surface area contributed by atoms with E-state index in [1.165, 1.54) is 5.56 Å². The number of ether oxygens (including phenoxy) is 1. The van der Waals surface area contributed by atoms with Gasteiger partial charge in [0, 0.05) is 12.0 Å². The van der Waals surface area contributed by atoms with E-state index in [4.69, 9.17) is 14.7 Å². The van der Waals surface area contributed by atoms with Crippen LogP contribution < -0.4 is 0 Å². The predicted octanol–water partition coefficient (Wildman–Crippen LogP) is 5.66. The smallest absolute Gasteiger partial charge is 0.306 e. The van der Waals surface area contributed by atoms with Crippen molar-refractivity contribution in [1.82, 2.24) is 9.97 Å². The minimum absolute atomic E-state index is 0.143. The monoisotopic (exact) mass is 376 g/mol. The number of rotatable bonds is 6. The number of esters is 1. The molecule has 146 valence electrons. The third-order valence-corrected chi connectivity index (χ3v) is 4.40. The summed E-state index contributed by atoms with van der Waals surface area (Å²) in [7, 11) is 0. The van der Waals surface area contributed by atoms with Crippen molar-refractivity contribution >= 4 is 17.0 Å². The largest absolute Gasteiger partial charge is 0.460 e. The number of aromatic nitrogens is 2. The lowest BCUT2D eigenvalue weighted by molar-refractivity contribution is -0.154. The first-order chi connectivity index (χ1) is 13.3. The molecule has 1 aromatic heterocycles. The summed E-state index contributed by atoms with van der Waals surface area (Å²) in [5.41, 5.74) is 5.54. The van der Waals surface area contributed by atoms with Crippen molar-refractivity contribution in [3.8, 4) is 11.3 Å². The zero-order chi connectivity index (χ0) is 20.1. The van der Waals surface area contributed by atoms with Crippen LogP contribution in [0.2, 0.25) is 0 Å². The number of unbranched alkanes of at least 4 members (excludes halogenated alkanes) is 1. The van der Waals surface area contributed by atoms with Gasteiger partial charge in [-0.15, -0.1) is 0 Å². The number of carbonyl (C=O) groups is 1. The van der Waals surface area contributed by atoms with E-state index in [0.717, 1.165) is 47.2 Å². The molecule has 0 fully saturated rings. The van der Waals surface area contributed by atoms with Gasteiger partial charge in [0.2, 0.25) is 0 Å². The number of benzene rings is 2. The van der Waals surface area contributed by atoms with Gasteiger partial charge in [0.15, 0.2) is 0 Å². The standard InChI is InChI=1S/C24H28N2O2/c1-17-14-15-19-21(16-17)25-20(23(26-19)18-10-6-5-7-11-18)12-8-9-13-22(27)28-24(2,3)4/h5-7,10-11,14-16H,8-9,12-13H2,1-4H3. The fourth-order valence-electron chi connectivity index (χ4n) is 3.16. The molecule has 0 aliphatic rings. The Labute approximate surface area is 167 Å². The number of nitrogens with zero attached hydrogens (tertiary/aromatic N) is 2. The van der Waals surface area contributed by atoms with Crippen LogP contribution in [-0.2, 0) is 16.0 Å². The average Bonchev–Trinajstić information content (AvgIpc) is 2.64. The molecule has 3 rings (SSSR count). The Balaban J connectivity index is 1.78. The summed E-state index contributed by atoms with van der Waals surface area (Å²) < 4.78 is 5.39. The van der Waals surface area contributed by atoms with E-state index in [1.807, 2.05) is 45.0 Å². The van der Waals surface area contributed by atoms with Crippen molar-refractivity contribution in [2.24, 2.45) is 0 Å². The van der Waals surface area contributed by atoms with Crippen molar-refractivity contribution in [3.05, 3.63) is 59.8 Å². The van der Waals surface area contributed by atoms with Crippen LogP contribution >= 0.6 is 0 Å². The maximum Gasteiger partial charge on any atom is 0.306 e. The molecule has 0 bridgehead atoms. The summed E-state index contributed by atoms with van der Waals surface area (Å²) in [6, 6.07) is 16.3. The van der Waals surface area contributed by atoms with E-state index in [0.29, 0.717) is 6.42 Å². The van der Waals surface area contributed by atoms with E-state index in [-0.39, 0.29) is 5.97 Å². The normalized spacial score (nSPS) is 11.6. The topological polar surface area (TPSA) is 52.1 Å². The maximum absolute atomic E-state index is 11.9. The number of aryl methyl sites for hydroxylation is 2. The second-order valence-electron chi connectivity index (χ2n) is 8.17. The summed E-state index contributed by atoms with van der Waals surface area (Å²) in [4.78, 5) is 21.7. The van der Waals surface area contributed by atoms with E-state index < -0.39 is 5.60 Å². The van der Waals surface area contributed by atoms with Gasteiger partial charge in [-0.3, -0.25) is 4.79 Å². The van der Waals surface area contributed by atoms with Crippen molar-refractivity contribution in [2.45, 2.75) is 59.0 Å². The molecule has 0 saturated heterocycles. The van der Waals surface area contributed by atoms with Gasteiger partial charge in [-0.05, 0) is 64.7 Å². The zero-order valence-electron chi connectivity index (χ0n) is 17.2. The first kappa shape index (κ1) is 20.0. The molecule has 0 spiro atoms. The third-order valence-electron chi connectivity index (χ3n) is 4.40. The summed E-state index contributed by atoms with van der Waals surface area (Å²) >= 11 is 0. The van der Waals surface area contributed by atoms with Gasteiger partial charge in [0.1, 0.15) is 5.60 Å². The molecule has 28 heavy (non-hydrogen) atoms. The van der Waals surface area contributed by atoms with Gasteiger partial charge in [0.05, 0.1) is 22.4 Å². The van der Waals surface area contributed by atoms with Crippen LogP contribution in [0, 0.1) is 6.92 Å². The Kier molecular flexibility index (Phi) is 6.08. The Bertz CT molecular complexity index is 959. The Morgan fingerprint density at radius 1 is 0.964 bits per heavy atom. The summed E-state index contributed by atoms with van der Waals surface area (Å²) in [5.74, 6) is -0.143. The fraction of sp³-hybridized carbons (Fsp3) is 0.375. The summed E-state index contributed by atoms with van der Waals surface area (Å²) in [6.07, 6.45) is 2.85. The van der Waals surface area contributed by atoms with Crippen LogP contribution in [-0.4, -0.2) is 21.5 Å². The first-order valence-electron chi connectivity index (χ1n) is 9.86. The molecule has 0 unspecified atom stereocenters. The molecule has 0 N–H and O–H groups in total. The van der Waals surface area contributed by atoms with Crippen LogP contribution in [0.5, 0.6) is 0 Å². The highest BCUT2D eigenvalue weighted by Gasteiger charge is 2.16. The number of carbonyl (C=O) groups excluding carboxylic acids is 1.